The molecule has 138 valence electrons. The summed E-state index contributed by atoms with van der Waals surface area (Å²) in [7, 11) is 0. The molecule has 2 saturated heterocycles. The Kier molecular flexibility index (Phi) is 7.54. The van der Waals surface area contributed by atoms with Gasteiger partial charge in [-0.1, -0.05) is 23.7 Å². The van der Waals surface area contributed by atoms with Gasteiger partial charge in [-0.05, 0) is 49.5 Å². The molecule has 2 aliphatic heterocycles. The van der Waals surface area contributed by atoms with E-state index in [2.05, 4.69) is 5.32 Å². The molecule has 1 unspecified atom stereocenters. The average molecular weight is 386 g/mol. The minimum absolute atomic E-state index is 0. The maximum atomic E-state index is 12.3. The molecule has 0 spiro atoms. The van der Waals surface area contributed by atoms with Crippen molar-refractivity contribution in [3.05, 3.63) is 34.9 Å². The highest BCUT2D eigenvalue weighted by Crippen LogP contribution is 2.17. The van der Waals surface area contributed by atoms with Crippen molar-refractivity contribution in [2.75, 3.05) is 32.7 Å². The number of amides is 2. The van der Waals surface area contributed by atoms with Crippen LogP contribution in [0.2, 0.25) is 5.02 Å². The molecule has 0 bridgehead atoms. The zero-order chi connectivity index (χ0) is 16.9. The lowest BCUT2D eigenvalue weighted by Crippen LogP contribution is -2.51. The Hall–Kier alpha value is -1.30. The van der Waals surface area contributed by atoms with Gasteiger partial charge < -0.3 is 15.1 Å². The highest BCUT2D eigenvalue weighted by molar-refractivity contribution is 6.30. The van der Waals surface area contributed by atoms with Crippen molar-refractivity contribution >= 4 is 35.8 Å². The summed E-state index contributed by atoms with van der Waals surface area (Å²) in [6, 6.07) is 7.53. The average Bonchev–Trinajstić information content (AvgIpc) is 3.10. The van der Waals surface area contributed by atoms with Crippen LogP contribution in [0, 0.1) is 5.92 Å². The van der Waals surface area contributed by atoms with Gasteiger partial charge in [0, 0.05) is 31.1 Å². The van der Waals surface area contributed by atoms with Crippen LogP contribution in [-0.2, 0) is 16.1 Å². The number of piperazine rings is 1. The first-order valence-corrected chi connectivity index (χ1v) is 9.00. The predicted molar refractivity (Wildman–Crippen MR) is 101 cm³/mol. The number of nitrogens with one attached hydrogen (secondary N) is 1. The smallest absolute Gasteiger partial charge is 0.242 e. The second kappa shape index (κ2) is 9.41. The molecule has 1 aromatic rings. The number of carbonyl (C=O) groups excluding carboxylic acids is 2. The van der Waals surface area contributed by atoms with Crippen LogP contribution in [0.1, 0.15) is 24.8 Å². The third-order valence-corrected chi connectivity index (χ3v) is 5.14. The van der Waals surface area contributed by atoms with Gasteiger partial charge >= 0.3 is 0 Å². The normalized spacial score (nSPS) is 20.5. The summed E-state index contributed by atoms with van der Waals surface area (Å²) in [5.41, 5.74) is 1.06. The van der Waals surface area contributed by atoms with Crippen LogP contribution >= 0.6 is 24.0 Å². The van der Waals surface area contributed by atoms with Gasteiger partial charge in [0.05, 0.1) is 6.54 Å². The second-order valence-corrected chi connectivity index (χ2v) is 7.09. The number of benzene rings is 1. The van der Waals surface area contributed by atoms with Gasteiger partial charge in [0.2, 0.25) is 11.8 Å². The Morgan fingerprint density at radius 1 is 1.24 bits per heavy atom. The first-order valence-electron chi connectivity index (χ1n) is 8.62. The molecule has 0 aromatic heterocycles. The Balaban J connectivity index is 0.00000225. The van der Waals surface area contributed by atoms with Gasteiger partial charge in [0.25, 0.3) is 0 Å². The van der Waals surface area contributed by atoms with Gasteiger partial charge in [0.1, 0.15) is 0 Å². The van der Waals surface area contributed by atoms with E-state index in [1.54, 1.807) is 4.90 Å². The maximum absolute atomic E-state index is 12.3. The van der Waals surface area contributed by atoms with Crippen LogP contribution in [0.5, 0.6) is 0 Å². The van der Waals surface area contributed by atoms with E-state index >= 15 is 0 Å². The van der Waals surface area contributed by atoms with Crippen LogP contribution < -0.4 is 5.32 Å². The van der Waals surface area contributed by atoms with Gasteiger partial charge in [-0.3, -0.25) is 9.59 Å². The van der Waals surface area contributed by atoms with E-state index in [1.165, 1.54) is 0 Å². The molecule has 1 atom stereocenters. The highest BCUT2D eigenvalue weighted by atomic mass is 35.5. The molecule has 2 fully saturated rings. The fourth-order valence-corrected chi connectivity index (χ4v) is 3.47. The van der Waals surface area contributed by atoms with Crippen LogP contribution in [0.4, 0.5) is 0 Å². The summed E-state index contributed by atoms with van der Waals surface area (Å²) in [6.45, 7) is 4.07. The summed E-state index contributed by atoms with van der Waals surface area (Å²) >= 11 is 5.89. The Labute approximate surface area is 160 Å². The van der Waals surface area contributed by atoms with Crippen LogP contribution in [0.15, 0.2) is 24.3 Å². The quantitative estimate of drug-likeness (QED) is 0.845. The van der Waals surface area contributed by atoms with Crippen LogP contribution in [0.25, 0.3) is 0 Å². The van der Waals surface area contributed by atoms with Crippen molar-refractivity contribution in [1.82, 2.24) is 15.1 Å². The molecule has 0 radical (unpaired) electrons. The molecule has 25 heavy (non-hydrogen) atoms. The monoisotopic (exact) mass is 385 g/mol. The van der Waals surface area contributed by atoms with E-state index in [1.807, 2.05) is 29.2 Å². The van der Waals surface area contributed by atoms with Gasteiger partial charge in [-0.2, -0.15) is 0 Å². The molecule has 1 aromatic carbocycles. The van der Waals surface area contributed by atoms with Gasteiger partial charge in [0.15, 0.2) is 0 Å². The zero-order valence-electron chi connectivity index (χ0n) is 14.2. The van der Waals surface area contributed by atoms with Crippen LogP contribution in [-0.4, -0.2) is 54.3 Å². The van der Waals surface area contributed by atoms with E-state index in [0.717, 1.165) is 31.5 Å². The molecule has 0 aliphatic carbocycles. The first kappa shape index (κ1) is 20.0. The molecule has 5 nitrogen and oxygen atoms in total. The van der Waals surface area contributed by atoms with Gasteiger partial charge in [-0.25, -0.2) is 0 Å². The topological polar surface area (TPSA) is 52.7 Å². The summed E-state index contributed by atoms with van der Waals surface area (Å²) < 4.78 is 0. The molecule has 1 N–H and O–H groups in total. The number of hydrogen-bond acceptors (Lipinski definition) is 3. The number of carbonyl (C=O) groups is 2. The zero-order valence-corrected chi connectivity index (χ0v) is 15.8. The number of hydrogen-bond donors (Lipinski definition) is 1. The molecule has 3 rings (SSSR count). The Morgan fingerprint density at radius 2 is 2.00 bits per heavy atom. The van der Waals surface area contributed by atoms with Crippen molar-refractivity contribution < 1.29 is 9.59 Å². The van der Waals surface area contributed by atoms with Crippen molar-refractivity contribution in [2.45, 2.75) is 25.8 Å². The minimum Gasteiger partial charge on any atom is -0.335 e. The molecule has 0 saturated carbocycles. The number of nitrogens with zero attached hydrogens (tertiary/aromatic N) is 2. The van der Waals surface area contributed by atoms with Crippen molar-refractivity contribution in [3.8, 4) is 0 Å². The molecule has 2 aliphatic rings. The minimum atomic E-state index is 0. The molecular weight excluding hydrogens is 361 g/mol. The lowest BCUT2D eigenvalue weighted by molar-refractivity contribution is -0.145. The SMILES string of the molecule is Cl.O=C(CCC1CCNC1)N1CCN(Cc2ccc(Cl)cc2)C(=O)C1. The third kappa shape index (κ3) is 5.59. The standard InChI is InChI=1S/C18H24ClN3O2.ClH/c19-16-4-1-15(2-5-16)12-21-9-10-22(13-18(21)24)17(23)6-3-14-7-8-20-11-14;/h1-2,4-5,14,20H,3,6-13H2;1H. The molecule has 2 amide bonds. The molecular formula is C18H25Cl2N3O2. The van der Waals surface area contributed by atoms with Crippen molar-refractivity contribution in [2.24, 2.45) is 5.92 Å². The highest BCUT2D eigenvalue weighted by Gasteiger charge is 2.27. The predicted octanol–water partition coefficient (Wildman–Crippen LogP) is 2.32. The third-order valence-electron chi connectivity index (χ3n) is 4.89. The van der Waals surface area contributed by atoms with E-state index in [4.69, 9.17) is 11.6 Å². The van der Waals surface area contributed by atoms with Crippen molar-refractivity contribution in [3.63, 3.8) is 0 Å². The fourth-order valence-electron chi connectivity index (χ4n) is 3.35. The largest absolute Gasteiger partial charge is 0.335 e. The molecule has 2 heterocycles. The molecule has 7 heteroatoms. The number of rotatable bonds is 5. The summed E-state index contributed by atoms with van der Waals surface area (Å²) in [6.07, 6.45) is 2.63. The summed E-state index contributed by atoms with van der Waals surface area (Å²) in [4.78, 5) is 28.2. The van der Waals surface area contributed by atoms with Gasteiger partial charge in [-0.15, -0.1) is 12.4 Å². The van der Waals surface area contributed by atoms with Crippen LogP contribution in [0.3, 0.4) is 0 Å². The van der Waals surface area contributed by atoms with Crippen molar-refractivity contribution in [1.29, 1.82) is 0 Å². The second-order valence-electron chi connectivity index (χ2n) is 6.65. The Morgan fingerprint density at radius 3 is 2.64 bits per heavy atom. The van der Waals surface area contributed by atoms with E-state index in [9.17, 15) is 9.59 Å². The van der Waals surface area contributed by atoms with E-state index in [0.29, 0.717) is 37.0 Å². The maximum Gasteiger partial charge on any atom is 0.242 e. The van der Waals surface area contributed by atoms with E-state index in [-0.39, 0.29) is 30.8 Å². The first-order chi connectivity index (χ1) is 11.6. The lowest BCUT2D eigenvalue weighted by Gasteiger charge is -2.34. The number of halogens is 2. The summed E-state index contributed by atoms with van der Waals surface area (Å²) in [5.74, 6) is 0.740. The Bertz CT molecular complexity index is 588. The fraction of sp³-hybridized carbons (Fsp3) is 0.556. The summed E-state index contributed by atoms with van der Waals surface area (Å²) in [5, 5.41) is 4.01. The lowest BCUT2D eigenvalue weighted by atomic mass is 10.0. The van der Waals surface area contributed by atoms with E-state index < -0.39 is 0 Å².